The number of carbonyl (C=O) groups excluding carboxylic acids is 2. The molecule has 2 amide bonds. The van der Waals surface area contributed by atoms with Crippen molar-refractivity contribution in [2.45, 2.75) is 38.3 Å². The number of aryl methyl sites for hydroxylation is 2. The van der Waals surface area contributed by atoms with E-state index in [-0.39, 0.29) is 0 Å². The molecule has 0 fully saturated rings. The van der Waals surface area contributed by atoms with Crippen LogP contribution in [0.3, 0.4) is 0 Å². The van der Waals surface area contributed by atoms with Gasteiger partial charge in [0.2, 0.25) is 0 Å². The Hall–Kier alpha value is -2.35. The van der Waals surface area contributed by atoms with E-state index in [1.807, 2.05) is 0 Å². The van der Waals surface area contributed by atoms with Crippen molar-refractivity contribution in [1.29, 1.82) is 0 Å². The van der Waals surface area contributed by atoms with Crippen LogP contribution < -0.4 is 10.9 Å². The predicted octanol–water partition coefficient (Wildman–Crippen LogP) is 4.11. The molecular weight excluding hydrogens is 365 g/mol. The Morgan fingerprint density at radius 1 is 0.962 bits per heavy atom. The van der Waals surface area contributed by atoms with E-state index in [0.29, 0.717) is 4.88 Å². The maximum atomic E-state index is 13.0. The normalized spacial score (nSPS) is 14.3. The average molecular weight is 382 g/mol. The lowest BCUT2D eigenvalue weighted by atomic mass is 10.1. The summed E-state index contributed by atoms with van der Waals surface area (Å²) in [5.41, 5.74) is 3.83. The minimum absolute atomic E-state index is 0.446. The van der Waals surface area contributed by atoms with E-state index in [0.717, 1.165) is 49.8 Å². The van der Waals surface area contributed by atoms with Crippen molar-refractivity contribution in [3.05, 3.63) is 56.8 Å². The molecule has 1 aromatic heterocycles. The van der Waals surface area contributed by atoms with Crippen molar-refractivity contribution in [2.24, 2.45) is 0 Å². The molecule has 26 heavy (non-hydrogen) atoms. The van der Waals surface area contributed by atoms with Gasteiger partial charge < -0.3 is 0 Å². The van der Waals surface area contributed by atoms with Crippen molar-refractivity contribution < 1.29 is 22.8 Å². The summed E-state index contributed by atoms with van der Waals surface area (Å²) in [5, 5.41) is 0. The van der Waals surface area contributed by atoms with Gasteiger partial charge in [0.05, 0.1) is 16.0 Å². The van der Waals surface area contributed by atoms with Gasteiger partial charge in [-0.2, -0.15) is 13.2 Å². The summed E-state index contributed by atoms with van der Waals surface area (Å²) < 4.78 is 38.9. The van der Waals surface area contributed by atoms with Crippen LogP contribution in [0.2, 0.25) is 0 Å². The first-order valence-electron chi connectivity index (χ1n) is 8.25. The van der Waals surface area contributed by atoms with Crippen LogP contribution in [0, 0.1) is 0 Å². The molecular formula is C18H17F3N2O2S. The van der Waals surface area contributed by atoms with Gasteiger partial charge >= 0.3 is 6.18 Å². The Morgan fingerprint density at radius 2 is 1.65 bits per heavy atom. The van der Waals surface area contributed by atoms with E-state index in [2.05, 4.69) is 10.9 Å². The molecule has 138 valence electrons. The van der Waals surface area contributed by atoms with E-state index in [4.69, 9.17) is 0 Å². The third kappa shape index (κ3) is 4.07. The average Bonchev–Trinajstić information content (AvgIpc) is 2.89. The summed E-state index contributed by atoms with van der Waals surface area (Å²) in [6.45, 7) is 0. The standard InChI is InChI=1S/C18H17F3N2O2S/c19-18(20,21)13-8-5-4-7-12(13)16(24)22-23-17(25)15-10-11-6-2-1-3-9-14(11)26-15/h4-5,7-8,10H,1-3,6,9H2,(H,22,24)(H,23,25). The molecule has 8 heteroatoms. The van der Waals surface area contributed by atoms with Gasteiger partial charge in [0.1, 0.15) is 0 Å². The zero-order valence-corrected chi connectivity index (χ0v) is 14.6. The number of alkyl halides is 3. The number of thiophene rings is 1. The number of hydrogen-bond acceptors (Lipinski definition) is 3. The smallest absolute Gasteiger partial charge is 0.267 e. The van der Waals surface area contributed by atoms with Crippen LogP contribution >= 0.6 is 11.3 Å². The van der Waals surface area contributed by atoms with Gasteiger partial charge in [-0.3, -0.25) is 20.4 Å². The van der Waals surface area contributed by atoms with Crippen LogP contribution in [-0.2, 0) is 19.0 Å². The van der Waals surface area contributed by atoms with Crippen LogP contribution in [0.1, 0.15) is 55.3 Å². The van der Waals surface area contributed by atoms with Crippen molar-refractivity contribution in [1.82, 2.24) is 10.9 Å². The SMILES string of the molecule is O=C(NNC(=O)c1ccccc1C(F)(F)F)c1cc2c(s1)CCCCC2. The number of hydrogen-bond donors (Lipinski definition) is 2. The van der Waals surface area contributed by atoms with Gasteiger partial charge in [0.25, 0.3) is 11.8 Å². The summed E-state index contributed by atoms with van der Waals surface area (Å²) in [5.74, 6) is -1.54. The first-order valence-corrected chi connectivity index (χ1v) is 9.06. The number of nitrogens with one attached hydrogen (secondary N) is 2. The lowest BCUT2D eigenvalue weighted by Crippen LogP contribution is -2.42. The summed E-state index contributed by atoms with van der Waals surface area (Å²) in [6.07, 6.45) is 0.527. The summed E-state index contributed by atoms with van der Waals surface area (Å²) in [6, 6.07) is 6.24. The van der Waals surface area contributed by atoms with Gasteiger partial charge in [-0.1, -0.05) is 18.6 Å². The van der Waals surface area contributed by atoms with E-state index >= 15 is 0 Å². The van der Waals surface area contributed by atoms with Crippen LogP contribution in [0.4, 0.5) is 13.2 Å². The highest BCUT2D eigenvalue weighted by Gasteiger charge is 2.34. The fourth-order valence-electron chi connectivity index (χ4n) is 2.95. The Balaban J connectivity index is 1.68. The third-order valence-corrected chi connectivity index (χ3v) is 5.47. The zero-order valence-electron chi connectivity index (χ0n) is 13.8. The van der Waals surface area contributed by atoms with Crippen molar-refractivity contribution >= 4 is 23.2 Å². The van der Waals surface area contributed by atoms with Crippen molar-refractivity contribution in [3.63, 3.8) is 0 Å². The molecule has 1 aliphatic rings. The first kappa shape index (κ1) is 18.4. The summed E-state index contributed by atoms with van der Waals surface area (Å²) in [7, 11) is 0. The van der Waals surface area contributed by atoms with Crippen LogP contribution in [0.25, 0.3) is 0 Å². The number of hydrazine groups is 1. The van der Waals surface area contributed by atoms with Gasteiger partial charge in [-0.15, -0.1) is 11.3 Å². The van der Waals surface area contributed by atoms with Crippen LogP contribution in [0.5, 0.6) is 0 Å². The second kappa shape index (κ2) is 7.49. The van der Waals surface area contributed by atoms with Gasteiger partial charge in [-0.25, -0.2) is 0 Å². The maximum Gasteiger partial charge on any atom is 0.417 e. The molecule has 0 unspecified atom stereocenters. The van der Waals surface area contributed by atoms with Gasteiger partial charge in [0.15, 0.2) is 0 Å². The molecule has 1 heterocycles. The Morgan fingerprint density at radius 3 is 2.42 bits per heavy atom. The van der Waals surface area contributed by atoms with Gasteiger partial charge in [0, 0.05) is 4.88 Å². The highest BCUT2D eigenvalue weighted by molar-refractivity contribution is 7.14. The molecule has 0 radical (unpaired) electrons. The largest absolute Gasteiger partial charge is 0.417 e. The molecule has 4 nitrogen and oxygen atoms in total. The number of rotatable bonds is 2. The molecule has 0 aliphatic heterocycles. The lowest BCUT2D eigenvalue weighted by molar-refractivity contribution is -0.137. The highest BCUT2D eigenvalue weighted by atomic mass is 32.1. The quantitative estimate of drug-likeness (QED) is 0.607. The second-order valence-electron chi connectivity index (χ2n) is 6.07. The van der Waals surface area contributed by atoms with E-state index in [9.17, 15) is 22.8 Å². The molecule has 0 atom stereocenters. The Bertz CT molecular complexity index is 807. The number of benzene rings is 1. The molecule has 1 aromatic carbocycles. The fourth-order valence-corrected chi connectivity index (χ4v) is 4.10. The van der Waals surface area contributed by atoms with E-state index in [1.54, 1.807) is 6.07 Å². The lowest BCUT2D eigenvalue weighted by Gasteiger charge is -2.12. The molecule has 0 saturated carbocycles. The predicted molar refractivity (Wildman–Crippen MR) is 92.0 cm³/mol. The minimum atomic E-state index is -4.65. The summed E-state index contributed by atoms with van der Waals surface area (Å²) >= 11 is 1.37. The molecule has 0 spiro atoms. The number of carbonyl (C=O) groups is 2. The zero-order chi connectivity index (χ0) is 18.7. The monoisotopic (exact) mass is 382 g/mol. The Labute approximate surface area is 152 Å². The topological polar surface area (TPSA) is 58.2 Å². The number of fused-ring (bicyclic) bond motifs is 1. The second-order valence-corrected chi connectivity index (χ2v) is 7.21. The van der Waals surface area contributed by atoms with Crippen LogP contribution in [-0.4, -0.2) is 11.8 Å². The van der Waals surface area contributed by atoms with Crippen LogP contribution in [0.15, 0.2) is 30.3 Å². The molecule has 1 aliphatic carbocycles. The molecule has 2 aromatic rings. The molecule has 2 N–H and O–H groups in total. The number of halogens is 3. The van der Waals surface area contributed by atoms with E-state index in [1.165, 1.54) is 28.3 Å². The molecule has 3 rings (SSSR count). The minimum Gasteiger partial charge on any atom is -0.267 e. The maximum absolute atomic E-state index is 13.0. The summed E-state index contributed by atoms with van der Waals surface area (Å²) in [4.78, 5) is 25.9. The first-order chi connectivity index (χ1) is 12.4. The van der Waals surface area contributed by atoms with E-state index < -0.39 is 29.1 Å². The molecule has 0 saturated heterocycles. The third-order valence-electron chi connectivity index (χ3n) is 4.24. The fraction of sp³-hybridized carbons (Fsp3) is 0.333. The van der Waals surface area contributed by atoms with Crippen molar-refractivity contribution in [2.75, 3.05) is 0 Å². The highest BCUT2D eigenvalue weighted by Crippen LogP contribution is 2.32. The van der Waals surface area contributed by atoms with Gasteiger partial charge in [-0.05, 0) is 49.4 Å². The van der Waals surface area contributed by atoms with Crippen molar-refractivity contribution in [3.8, 4) is 0 Å². The number of amides is 2. The Kier molecular flexibility index (Phi) is 5.31. The molecule has 0 bridgehead atoms.